The number of esters is 2. The molecule has 0 N–H and O–H groups in total. The summed E-state index contributed by atoms with van der Waals surface area (Å²) in [5.41, 5.74) is 0.456. The van der Waals surface area contributed by atoms with Crippen LogP contribution in [0.4, 0.5) is 5.69 Å². The van der Waals surface area contributed by atoms with Gasteiger partial charge in [0.15, 0.2) is 0 Å². The van der Waals surface area contributed by atoms with Crippen LogP contribution in [0.3, 0.4) is 0 Å². The van der Waals surface area contributed by atoms with Crippen LogP contribution in [0.2, 0.25) is 5.02 Å². The summed E-state index contributed by atoms with van der Waals surface area (Å²) in [5, 5.41) is 0.136. The van der Waals surface area contributed by atoms with Crippen molar-refractivity contribution in [3.8, 4) is 0 Å². The largest absolute Gasteiger partial charge is 0.444 e. The van der Waals surface area contributed by atoms with Gasteiger partial charge in [0.05, 0.1) is 21.8 Å². The molecule has 2 amide bonds. The minimum absolute atomic E-state index is 0.100. The van der Waals surface area contributed by atoms with E-state index in [4.69, 9.17) is 21.1 Å². The highest BCUT2D eigenvalue weighted by molar-refractivity contribution is 6.36. The number of hydrogen-bond acceptors (Lipinski definition) is 6. The molecule has 4 rings (SSSR count). The lowest BCUT2D eigenvalue weighted by molar-refractivity contribution is -0.130. The van der Waals surface area contributed by atoms with E-state index in [2.05, 4.69) is 0 Å². The fourth-order valence-electron chi connectivity index (χ4n) is 3.23. The van der Waals surface area contributed by atoms with Gasteiger partial charge in [0.25, 0.3) is 11.8 Å². The van der Waals surface area contributed by atoms with Crippen molar-refractivity contribution >= 4 is 41.0 Å². The molecule has 7 nitrogen and oxygen atoms in total. The molecule has 0 radical (unpaired) electrons. The van der Waals surface area contributed by atoms with E-state index in [9.17, 15) is 19.2 Å². The fourth-order valence-corrected chi connectivity index (χ4v) is 3.45. The molecule has 0 spiro atoms. The maximum Gasteiger partial charge on any atom is 0.339 e. The predicted octanol–water partition coefficient (Wildman–Crippen LogP) is 3.66. The van der Waals surface area contributed by atoms with E-state index < -0.39 is 36.0 Å². The predicted molar refractivity (Wildman–Crippen MR) is 115 cm³/mol. The minimum Gasteiger partial charge on any atom is -0.444 e. The van der Waals surface area contributed by atoms with Gasteiger partial charge in [-0.3, -0.25) is 9.59 Å². The highest BCUT2D eigenvalue weighted by Gasteiger charge is 2.54. The van der Waals surface area contributed by atoms with E-state index in [0.717, 1.165) is 4.90 Å². The van der Waals surface area contributed by atoms with Crippen molar-refractivity contribution in [2.75, 3.05) is 4.90 Å². The normalized spacial score (nSPS) is 17.8. The third kappa shape index (κ3) is 4.10. The van der Waals surface area contributed by atoms with Crippen molar-refractivity contribution in [3.05, 3.63) is 101 Å². The number of para-hydroxylation sites is 1. The molecule has 8 heteroatoms. The van der Waals surface area contributed by atoms with E-state index in [1.165, 1.54) is 36.4 Å². The van der Waals surface area contributed by atoms with Crippen LogP contribution < -0.4 is 4.90 Å². The zero-order valence-corrected chi connectivity index (χ0v) is 17.3. The van der Waals surface area contributed by atoms with Gasteiger partial charge in [-0.1, -0.05) is 60.1 Å². The van der Waals surface area contributed by atoms with E-state index in [1.54, 1.807) is 48.5 Å². The number of amides is 2. The van der Waals surface area contributed by atoms with Crippen LogP contribution in [0.5, 0.6) is 0 Å². The molecule has 1 fully saturated rings. The Morgan fingerprint density at radius 3 is 1.50 bits per heavy atom. The van der Waals surface area contributed by atoms with Crippen LogP contribution in [-0.2, 0) is 19.1 Å². The Hall–Kier alpha value is -3.97. The van der Waals surface area contributed by atoms with Gasteiger partial charge in [-0.25, -0.2) is 14.5 Å². The number of imide groups is 1. The summed E-state index contributed by atoms with van der Waals surface area (Å²) in [6, 6.07) is 22.1. The summed E-state index contributed by atoms with van der Waals surface area (Å²) >= 11 is 6.17. The van der Waals surface area contributed by atoms with Gasteiger partial charge in [-0.15, -0.1) is 0 Å². The first-order chi connectivity index (χ1) is 15.5. The molecule has 32 heavy (non-hydrogen) atoms. The fraction of sp³-hybridized carbons (Fsp3) is 0.0833. The number of benzene rings is 3. The summed E-state index contributed by atoms with van der Waals surface area (Å²) in [7, 11) is 0. The first kappa shape index (κ1) is 21.3. The zero-order valence-electron chi connectivity index (χ0n) is 16.5. The van der Waals surface area contributed by atoms with Crippen LogP contribution >= 0.6 is 11.6 Å². The van der Waals surface area contributed by atoms with Crippen molar-refractivity contribution in [1.29, 1.82) is 0 Å². The van der Waals surface area contributed by atoms with Gasteiger partial charge >= 0.3 is 11.9 Å². The van der Waals surface area contributed by atoms with Crippen molar-refractivity contribution in [3.63, 3.8) is 0 Å². The van der Waals surface area contributed by atoms with Crippen molar-refractivity contribution in [2.45, 2.75) is 12.2 Å². The molecular formula is C24H16ClNO6. The topological polar surface area (TPSA) is 90.0 Å². The summed E-state index contributed by atoms with van der Waals surface area (Å²) in [6.45, 7) is 0. The van der Waals surface area contributed by atoms with Crippen molar-refractivity contribution < 1.29 is 28.7 Å². The number of nitrogens with zero attached hydrogens (tertiary/aromatic N) is 1. The third-order valence-electron chi connectivity index (χ3n) is 4.78. The van der Waals surface area contributed by atoms with Crippen LogP contribution in [0.1, 0.15) is 20.7 Å². The van der Waals surface area contributed by atoms with Crippen molar-refractivity contribution in [2.24, 2.45) is 0 Å². The molecule has 0 aliphatic carbocycles. The average molecular weight is 450 g/mol. The molecule has 0 bridgehead atoms. The van der Waals surface area contributed by atoms with Gasteiger partial charge in [0, 0.05) is 0 Å². The first-order valence-corrected chi connectivity index (χ1v) is 9.99. The number of hydrogen-bond donors (Lipinski definition) is 0. The SMILES string of the molecule is O=C(O[C@H]1C(=O)N(c2ccccc2Cl)C(=O)[C@@H]1OC(=O)c1ccccc1)c1ccccc1. The second kappa shape index (κ2) is 9.03. The Morgan fingerprint density at radius 2 is 1.06 bits per heavy atom. The lowest BCUT2D eigenvalue weighted by Gasteiger charge is -2.16. The van der Waals surface area contributed by atoms with E-state index in [0.29, 0.717) is 0 Å². The Kier molecular flexibility index (Phi) is 6.00. The Bertz CT molecular complexity index is 1110. The van der Waals surface area contributed by atoms with Crippen LogP contribution in [0.15, 0.2) is 84.9 Å². The quantitative estimate of drug-likeness (QED) is 0.436. The summed E-state index contributed by atoms with van der Waals surface area (Å²) in [5.74, 6) is -3.39. The zero-order chi connectivity index (χ0) is 22.7. The molecule has 1 aliphatic heterocycles. The number of halogens is 1. The average Bonchev–Trinajstić information content (AvgIpc) is 3.04. The Labute approximate surface area is 188 Å². The van der Waals surface area contributed by atoms with Gasteiger partial charge in [0.1, 0.15) is 0 Å². The van der Waals surface area contributed by atoms with Crippen LogP contribution in [-0.4, -0.2) is 36.0 Å². The lowest BCUT2D eigenvalue weighted by Crippen LogP contribution is -2.37. The van der Waals surface area contributed by atoms with Gasteiger partial charge < -0.3 is 9.47 Å². The van der Waals surface area contributed by atoms with Crippen LogP contribution in [0, 0.1) is 0 Å². The maximum atomic E-state index is 13.1. The third-order valence-corrected chi connectivity index (χ3v) is 5.10. The summed E-state index contributed by atoms with van der Waals surface area (Å²) in [6.07, 6.45) is -3.33. The summed E-state index contributed by atoms with van der Waals surface area (Å²) < 4.78 is 10.7. The molecule has 160 valence electrons. The first-order valence-electron chi connectivity index (χ1n) is 9.62. The van der Waals surface area contributed by atoms with Gasteiger partial charge in [0.2, 0.25) is 12.2 Å². The van der Waals surface area contributed by atoms with E-state index >= 15 is 0 Å². The molecule has 3 aromatic carbocycles. The lowest BCUT2D eigenvalue weighted by atomic mass is 10.2. The molecule has 2 atom stereocenters. The molecule has 0 unspecified atom stereocenters. The number of carbonyl (C=O) groups is 4. The second-order valence-corrected chi connectivity index (χ2v) is 7.25. The standard InChI is InChI=1S/C24H16ClNO6/c25-17-13-7-8-14-18(17)26-21(27)19(31-23(29)15-9-3-1-4-10-15)20(22(26)28)32-24(30)16-11-5-2-6-12-16/h1-14,19-20H/t19-,20-/m1/s1. The summed E-state index contributed by atoms with van der Waals surface area (Å²) in [4.78, 5) is 52.2. The van der Waals surface area contributed by atoms with E-state index in [-0.39, 0.29) is 21.8 Å². The van der Waals surface area contributed by atoms with Gasteiger partial charge in [-0.05, 0) is 36.4 Å². The monoisotopic (exact) mass is 449 g/mol. The number of rotatable bonds is 5. The molecule has 0 aromatic heterocycles. The number of ether oxygens (including phenoxy) is 2. The van der Waals surface area contributed by atoms with E-state index in [1.807, 2.05) is 0 Å². The Balaban J connectivity index is 1.67. The van der Waals surface area contributed by atoms with Crippen molar-refractivity contribution in [1.82, 2.24) is 0 Å². The Morgan fingerprint density at radius 1 is 0.656 bits per heavy atom. The smallest absolute Gasteiger partial charge is 0.339 e. The highest BCUT2D eigenvalue weighted by atomic mass is 35.5. The second-order valence-electron chi connectivity index (χ2n) is 6.85. The maximum absolute atomic E-state index is 13.1. The van der Waals surface area contributed by atoms with Crippen LogP contribution in [0.25, 0.3) is 0 Å². The minimum atomic E-state index is -1.67. The molecule has 0 saturated carbocycles. The molecule has 3 aromatic rings. The molecule has 1 aliphatic rings. The number of carbonyl (C=O) groups excluding carboxylic acids is 4. The molecular weight excluding hydrogens is 434 g/mol. The highest BCUT2D eigenvalue weighted by Crippen LogP contribution is 2.32. The van der Waals surface area contributed by atoms with Gasteiger partial charge in [-0.2, -0.15) is 0 Å². The molecule has 1 heterocycles. The molecule has 1 saturated heterocycles. The number of anilines is 1.